The van der Waals surface area contributed by atoms with Crippen LogP contribution in [0.15, 0.2) is 24.3 Å². The van der Waals surface area contributed by atoms with Gasteiger partial charge in [-0.15, -0.1) is 0 Å². The summed E-state index contributed by atoms with van der Waals surface area (Å²) in [7, 11) is 0. The minimum absolute atomic E-state index is 0.105. The fourth-order valence-electron chi connectivity index (χ4n) is 1.56. The number of amides is 1. The van der Waals surface area contributed by atoms with E-state index < -0.39 is 11.0 Å². The van der Waals surface area contributed by atoms with Crippen molar-refractivity contribution in [3.05, 3.63) is 39.9 Å². The van der Waals surface area contributed by atoms with Crippen LogP contribution in [0.2, 0.25) is 0 Å². The maximum Gasteiger partial charge on any atom is 0.270 e. The monoisotopic (exact) mass is 222 g/mol. The number of carbonyl (C=O) groups is 1. The molecule has 2 rings (SSSR count). The van der Waals surface area contributed by atoms with Crippen molar-refractivity contribution in [2.24, 2.45) is 0 Å². The second-order valence-electron chi connectivity index (χ2n) is 3.67. The predicted octanol–water partition coefficient (Wildman–Crippen LogP) is 0.411. The Morgan fingerprint density at radius 1 is 1.50 bits per heavy atom. The summed E-state index contributed by atoms with van der Waals surface area (Å²) in [6.45, 7) is 0.586. The average Bonchev–Trinajstić information content (AvgIpc) is 2.24. The summed E-state index contributed by atoms with van der Waals surface area (Å²) in [6.07, 6.45) is -0.470. The van der Waals surface area contributed by atoms with Crippen LogP contribution in [0.1, 0.15) is 10.4 Å². The summed E-state index contributed by atoms with van der Waals surface area (Å²) >= 11 is 0. The van der Waals surface area contributed by atoms with Crippen LogP contribution in [0.4, 0.5) is 5.69 Å². The number of nitrogens with zero attached hydrogens (tertiary/aromatic N) is 2. The molecule has 1 heterocycles. The summed E-state index contributed by atoms with van der Waals surface area (Å²) in [5.74, 6) is -0.283. The lowest BCUT2D eigenvalue weighted by atomic mass is 10.1. The van der Waals surface area contributed by atoms with Crippen molar-refractivity contribution >= 4 is 11.6 Å². The number of nitro benzene ring substituents is 1. The topological polar surface area (TPSA) is 83.7 Å². The van der Waals surface area contributed by atoms with E-state index in [9.17, 15) is 14.9 Å². The van der Waals surface area contributed by atoms with E-state index in [0.29, 0.717) is 13.1 Å². The number of rotatable bonds is 2. The number of carbonyl (C=O) groups excluding carboxylic acids is 1. The van der Waals surface area contributed by atoms with E-state index in [1.165, 1.54) is 29.2 Å². The van der Waals surface area contributed by atoms with Gasteiger partial charge in [0.15, 0.2) is 0 Å². The Kier molecular flexibility index (Phi) is 2.57. The molecule has 0 aliphatic carbocycles. The van der Waals surface area contributed by atoms with E-state index >= 15 is 0 Å². The standard InChI is InChI=1S/C10H10N2O4/c13-9-5-11(6-9)10(14)7-2-1-3-8(4-7)12(15)16/h1-4,9,13H,5-6H2. The van der Waals surface area contributed by atoms with Gasteiger partial charge in [-0.3, -0.25) is 14.9 Å². The third kappa shape index (κ3) is 1.87. The molecule has 0 spiro atoms. The molecule has 16 heavy (non-hydrogen) atoms. The smallest absolute Gasteiger partial charge is 0.270 e. The Hall–Kier alpha value is -1.95. The van der Waals surface area contributed by atoms with Gasteiger partial charge in [-0.25, -0.2) is 0 Å². The van der Waals surface area contributed by atoms with Crippen LogP contribution in [0.5, 0.6) is 0 Å². The Labute approximate surface area is 91.3 Å². The first-order valence-corrected chi connectivity index (χ1v) is 4.80. The Morgan fingerprint density at radius 2 is 2.19 bits per heavy atom. The lowest BCUT2D eigenvalue weighted by Crippen LogP contribution is -2.53. The van der Waals surface area contributed by atoms with Gasteiger partial charge in [0.05, 0.1) is 11.0 Å². The van der Waals surface area contributed by atoms with Gasteiger partial charge in [-0.05, 0) is 6.07 Å². The van der Waals surface area contributed by atoms with E-state index in [-0.39, 0.29) is 17.2 Å². The number of hydrogen-bond acceptors (Lipinski definition) is 4. The SMILES string of the molecule is O=C(c1cccc([N+](=O)[O-])c1)N1CC(O)C1. The molecular weight excluding hydrogens is 212 g/mol. The van der Waals surface area contributed by atoms with Crippen molar-refractivity contribution in [3.8, 4) is 0 Å². The molecule has 0 saturated carbocycles. The van der Waals surface area contributed by atoms with Crippen molar-refractivity contribution in [2.45, 2.75) is 6.10 Å². The summed E-state index contributed by atoms with van der Waals surface area (Å²) in [4.78, 5) is 23.2. The second kappa shape index (κ2) is 3.90. The van der Waals surface area contributed by atoms with Gasteiger partial charge in [0.25, 0.3) is 11.6 Å². The van der Waals surface area contributed by atoms with Gasteiger partial charge in [0.1, 0.15) is 0 Å². The van der Waals surface area contributed by atoms with Gasteiger partial charge in [0.2, 0.25) is 0 Å². The van der Waals surface area contributed by atoms with Crippen LogP contribution in [0.3, 0.4) is 0 Å². The number of likely N-dealkylation sites (tertiary alicyclic amines) is 1. The Balaban J connectivity index is 2.17. The van der Waals surface area contributed by atoms with Crippen molar-refractivity contribution in [1.82, 2.24) is 4.90 Å². The first kappa shape index (κ1) is 10.6. The molecule has 6 nitrogen and oxygen atoms in total. The average molecular weight is 222 g/mol. The summed E-state index contributed by atoms with van der Waals surface area (Å²) in [6, 6.07) is 5.58. The molecular formula is C10H10N2O4. The number of benzene rings is 1. The van der Waals surface area contributed by atoms with Gasteiger partial charge in [-0.1, -0.05) is 6.07 Å². The van der Waals surface area contributed by atoms with Crippen LogP contribution in [0.25, 0.3) is 0 Å². The van der Waals surface area contributed by atoms with Crippen molar-refractivity contribution in [2.75, 3.05) is 13.1 Å². The predicted molar refractivity (Wildman–Crippen MR) is 55.0 cm³/mol. The van der Waals surface area contributed by atoms with Crippen molar-refractivity contribution in [3.63, 3.8) is 0 Å². The summed E-state index contributed by atoms with van der Waals surface area (Å²) in [5.41, 5.74) is 0.174. The summed E-state index contributed by atoms with van der Waals surface area (Å²) < 4.78 is 0. The molecule has 0 aromatic heterocycles. The highest BCUT2D eigenvalue weighted by atomic mass is 16.6. The number of aliphatic hydroxyl groups is 1. The summed E-state index contributed by atoms with van der Waals surface area (Å²) in [5, 5.41) is 19.6. The Bertz CT molecular complexity index is 440. The Morgan fingerprint density at radius 3 is 2.75 bits per heavy atom. The minimum atomic E-state index is -0.540. The third-order valence-electron chi connectivity index (χ3n) is 2.45. The first-order chi connectivity index (χ1) is 7.58. The van der Waals surface area contributed by atoms with Crippen molar-refractivity contribution < 1.29 is 14.8 Å². The van der Waals surface area contributed by atoms with E-state index in [1.807, 2.05) is 0 Å². The zero-order chi connectivity index (χ0) is 11.7. The maximum absolute atomic E-state index is 11.7. The highest BCUT2D eigenvalue weighted by molar-refractivity contribution is 5.95. The van der Waals surface area contributed by atoms with E-state index in [1.54, 1.807) is 0 Å². The normalized spacial score (nSPS) is 15.7. The molecule has 1 saturated heterocycles. The van der Waals surface area contributed by atoms with Gasteiger partial charge in [0, 0.05) is 30.8 Å². The molecule has 0 radical (unpaired) electrons. The van der Waals surface area contributed by atoms with Crippen LogP contribution in [0, 0.1) is 10.1 Å². The molecule has 1 N–H and O–H groups in total. The maximum atomic E-state index is 11.7. The fourth-order valence-corrected chi connectivity index (χ4v) is 1.56. The number of aliphatic hydroxyl groups excluding tert-OH is 1. The molecule has 84 valence electrons. The zero-order valence-electron chi connectivity index (χ0n) is 8.37. The number of nitro groups is 1. The zero-order valence-corrected chi connectivity index (χ0v) is 8.37. The minimum Gasteiger partial charge on any atom is -0.389 e. The number of hydrogen-bond donors (Lipinski definition) is 1. The van der Waals surface area contributed by atoms with Crippen molar-refractivity contribution in [1.29, 1.82) is 0 Å². The van der Waals surface area contributed by atoms with E-state index in [2.05, 4.69) is 0 Å². The molecule has 1 aromatic rings. The van der Waals surface area contributed by atoms with Crippen LogP contribution in [-0.4, -0.2) is 40.0 Å². The quantitative estimate of drug-likeness (QED) is 0.580. The molecule has 1 aliphatic heterocycles. The van der Waals surface area contributed by atoms with Crippen LogP contribution in [-0.2, 0) is 0 Å². The van der Waals surface area contributed by atoms with Gasteiger partial charge >= 0.3 is 0 Å². The molecule has 1 amide bonds. The van der Waals surface area contributed by atoms with E-state index in [0.717, 1.165) is 0 Å². The third-order valence-corrected chi connectivity index (χ3v) is 2.45. The van der Waals surface area contributed by atoms with Gasteiger partial charge in [-0.2, -0.15) is 0 Å². The highest BCUT2D eigenvalue weighted by Crippen LogP contribution is 2.17. The molecule has 0 unspecified atom stereocenters. The van der Waals surface area contributed by atoms with Crippen LogP contribution >= 0.6 is 0 Å². The molecule has 1 aromatic carbocycles. The molecule has 0 atom stereocenters. The molecule has 6 heteroatoms. The molecule has 0 bridgehead atoms. The first-order valence-electron chi connectivity index (χ1n) is 4.80. The molecule has 1 aliphatic rings. The molecule has 1 fully saturated rings. The lowest BCUT2D eigenvalue weighted by Gasteiger charge is -2.35. The lowest BCUT2D eigenvalue weighted by molar-refractivity contribution is -0.384. The largest absolute Gasteiger partial charge is 0.389 e. The number of non-ortho nitro benzene ring substituents is 1. The fraction of sp³-hybridized carbons (Fsp3) is 0.300. The highest BCUT2D eigenvalue weighted by Gasteiger charge is 2.29. The van der Waals surface area contributed by atoms with E-state index in [4.69, 9.17) is 5.11 Å². The van der Waals surface area contributed by atoms with Gasteiger partial charge < -0.3 is 10.0 Å². The van der Waals surface area contributed by atoms with Crippen LogP contribution < -0.4 is 0 Å². The number of β-amino-alcohol motifs (C(OH)–C–C–N with tert-alkyl or cyclic N) is 1. The second-order valence-corrected chi connectivity index (χ2v) is 3.67.